The van der Waals surface area contributed by atoms with Gasteiger partial charge in [-0.3, -0.25) is 24.4 Å². The number of urea groups is 1. The number of hydrogen-bond donors (Lipinski definition) is 5. The number of anilines is 1. The van der Waals surface area contributed by atoms with Crippen LogP contribution in [0.4, 0.5) is 14.9 Å². The Morgan fingerprint density at radius 2 is 1.93 bits per heavy atom. The first kappa shape index (κ1) is 31.9. The lowest BCUT2D eigenvalue weighted by atomic mass is 10.0. The first-order valence-electron chi connectivity index (χ1n) is 12.2. The van der Waals surface area contributed by atoms with E-state index >= 15 is 0 Å². The van der Waals surface area contributed by atoms with E-state index in [1.807, 2.05) is 6.92 Å². The van der Waals surface area contributed by atoms with Crippen LogP contribution in [0.3, 0.4) is 0 Å². The maximum absolute atomic E-state index is 13.5. The zero-order chi connectivity index (χ0) is 30.2. The van der Waals surface area contributed by atoms with Crippen LogP contribution in [0.25, 0.3) is 0 Å². The monoisotopic (exact) mass is 568 g/mol. The second-order valence-electron chi connectivity index (χ2n) is 8.26. The van der Waals surface area contributed by atoms with Crippen LogP contribution in [0.5, 0.6) is 5.75 Å². The number of allylic oxidation sites excluding steroid dienone is 6. The number of halogens is 1. The Hall–Kier alpha value is -5.31. The Kier molecular flexibility index (Phi) is 12.9. The van der Waals surface area contributed by atoms with Gasteiger partial charge in [-0.25, -0.2) is 20.0 Å². The molecule has 8 N–H and O–H groups in total. The molecule has 0 bridgehead atoms. The van der Waals surface area contributed by atoms with Crippen molar-refractivity contribution >= 4 is 42.2 Å². The molecule has 0 saturated heterocycles. The number of hydrazone groups is 1. The summed E-state index contributed by atoms with van der Waals surface area (Å²) in [6.07, 6.45) is 9.94. The summed E-state index contributed by atoms with van der Waals surface area (Å²) >= 11 is 0. The molecule has 0 aliphatic heterocycles. The van der Waals surface area contributed by atoms with Gasteiger partial charge in [-0.1, -0.05) is 18.2 Å². The second-order valence-corrected chi connectivity index (χ2v) is 8.26. The number of primary amides is 1. The molecule has 4 amide bonds. The number of nitrogens with one attached hydrogen (secondary N) is 2. The Balaban J connectivity index is 2.23. The summed E-state index contributed by atoms with van der Waals surface area (Å²) in [6, 6.07) is 5.73. The fraction of sp³-hybridized carbons (Fsp3) is 0.231. The lowest BCUT2D eigenvalue weighted by Crippen LogP contribution is -2.51. The summed E-state index contributed by atoms with van der Waals surface area (Å²) in [4.78, 5) is 46.3. The van der Waals surface area contributed by atoms with Crippen LogP contribution in [-0.2, 0) is 9.59 Å². The maximum Gasteiger partial charge on any atom is 0.334 e. The van der Waals surface area contributed by atoms with Crippen LogP contribution < -0.4 is 32.9 Å². The van der Waals surface area contributed by atoms with Gasteiger partial charge >= 0.3 is 6.03 Å². The number of rotatable bonds is 11. The Bertz CT molecular complexity index is 1300. The van der Waals surface area contributed by atoms with Crippen molar-refractivity contribution in [2.45, 2.75) is 19.8 Å². The minimum Gasteiger partial charge on any atom is -0.446 e. The molecular formula is C26H33FN10O4. The number of ether oxygens (including phenoxy) is 1. The zero-order valence-electron chi connectivity index (χ0n) is 22.7. The largest absolute Gasteiger partial charge is 0.446 e. The average molecular weight is 569 g/mol. The minimum absolute atomic E-state index is 0.0160. The van der Waals surface area contributed by atoms with E-state index in [-0.39, 0.29) is 37.0 Å². The molecule has 14 nitrogen and oxygen atoms in total. The van der Waals surface area contributed by atoms with Crippen LogP contribution in [-0.4, -0.2) is 66.5 Å². The van der Waals surface area contributed by atoms with Gasteiger partial charge in [0.25, 0.3) is 0 Å². The number of guanidine groups is 1. The first-order valence-corrected chi connectivity index (χ1v) is 12.2. The SMILES string of the molecule is C\C=C/C=C(N=COc1ccc(NC(=NC)N(CC2=CC=C(F)CC2)C(=O)N(C=O)CC(N)=O)cc1)/C(=N/N)NN. The molecule has 0 radical (unpaired) electrons. The van der Waals surface area contributed by atoms with Crippen molar-refractivity contribution in [1.29, 1.82) is 0 Å². The Morgan fingerprint density at radius 1 is 1.20 bits per heavy atom. The lowest BCUT2D eigenvalue weighted by molar-refractivity contribution is -0.124. The summed E-state index contributed by atoms with van der Waals surface area (Å²) in [5, 5.41) is 6.54. The average Bonchev–Trinajstić information content (AvgIpc) is 2.97. The van der Waals surface area contributed by atoms with Crippen molar-refractivity contribution in [3.63, 3.8) is 0 Å². The number of amides is 4. The van der Waals surface area contributed by atoms with Crippen LogP contribution in [0, 0.1) is 0 Å². The van der Waals surface area contributed by atoms with Crippen molar-refractivity contribution in [2.24, 2.45) is 32.5 Å². The minimum atomic E-state index is -0.871. The number of carbonyl (C=O) groups excluding carboxylic acids is 3. The molecule has 1 aliphatic rings. The number of aliphatic imine (C=N–C) groups is 2. The predicted molar refractivity (Wildman–Crippen MR) is 155 cm³/mol. The molecule has 0 saturated carbocycles. The van der Waals surface area contributed by atoms with Crippen LogP contribution >= 0.6 is 0 Å². The fourth-order valence-corrected chi connectivity index (χ4v) is 3.38. The fourth-order valence-electron chi connectivity index (χ4n) is 3.38. The van der Waals surface area contributed by atoms with Crippen LogP contribution in [0.1, 0.15) is 19.8 Å². The van der Waals surface area contributed by atoms with Crippen LogP contribution in [0.15, 0.2) is 86.8 Å². The van der Waals surface area contributed by atoms with Crippen molar-refractivity contribution < 1.29 is 23.5 Å². The molecule has 41 heavy (non-hydrogen) atoms. The number of amidine groups is 1. The molecule has 0 heterocycles. The summed E-state index contributed by atoms with van der Waals surface area (Å²) in [5.74, 6) is 10.2. The number of hydrogen-bond acceptors (Lipinski definition) is 9. The van der Waals surface area contributed by atoms with E-state index in [9.17, 15) is 18.8 Å². The normalized spacial score (nSPS) is 14.4. The smallest absolute Gasteiger partial charge is 0.334 e. The number of carbonyl (C=O) groups is 3. The Labute approximate surface area is 236 Å². The highest BCUT2D eigenvalue weighted by molar-refractivity contribution is 6.06. The second kappa shape index (κ2) is 16.6. The van der Waals surface area contributed by atoms with E-state index in [4.69, 9.17) is 22.2 Å². The number of nitrogens with two attached hydrogens (primary N) is 3. The molecule has 1 aliphatic carbocycles. The maximum atomic E-state index is 13.5. The third-order valence-electron chi connectivity index (χ3n) is 5.39. The van der Waals surface area contributed by atoms with Gasteiger partial charge in [0, 0.05) is 19.2 Å². The molecule has 2 rings (SSSR count). The summed E-state index contributed by atoms with van der Waals surface area (Å²) in [6.45, 7) is 1.19. The van der Waals surface area contributed by atoms with Gasteiger partial charge < -0.3 is 27.1 Å². The van der Waals surface area contributed by atoms with Gasteiger partial charge in [0.1, 0.15) is 23.8 Å². The summed E-state index contributed by atoms with van der Waals surface area (Å²) in [7, 11) is 1.44. The summed E-state index contributed by atoms with van der Waals surface area (Å²) in [5.41, 5.74) is 9.09. The molecule has 0 aromatic heterocycles. The van der Waals surface area contributed by atoms with Gasteiger partial charge in [0.05, 0.1) is 6.54 Å². The van der Waals surface area contributed by atoms with Gasteiger partial charge in [0.2, 0.25) is 18.3 Å². The lowest BCUT2D eigenvalue weighted by Gasteiger charge is -2.29. The van der Waals surface area contributed by atoms with Gasteiger partial charge in [-0.05, 0) is 55.3 Å². The molecule has 0 unspecified atom stereocenters. The van der Waals surface area contributed by atoms with Crippen molar-refractivity contribution in [3.8, 4) is 5.75 Å². The molecule has 218 valence electrons. The number of benzene rings is 1. The number of hydrazine groups is 1. The first-order chi connectivity index (χ1) is 19.8. The number of imide groups is 1. The zero-order valence-corrected chi connectivity index (χ0v) is 22.7. The van der Waals surface area contributed by atoms with E-state index in [2.05, 4.69) is 25.8 Å². The third kappa shape index (κ3) is 10.1. The van der Waals surface area contributed by atoms with Gasteiger partial charge in [-0.2, -0.15) is 5.10 Å². The summed E-state index contributed by atoms with van der Waals surface area (Å²) < 4.78 is 19.1. The quantitative estimate of drug-likeness (QED) is 0.0660. The molecule has 0 atom stereocenters. The van der Waals surface area contributed by atoms with E-state index in [0.717, 1.165) is 4.90 Å². The highest BCUT2D eigenvalue weighted by atomic mass is 19.1. The molecule has 0 fully saturated rings. The van der Waals surface area contributed by atoms with Crippen molar-refractivity contribution in [3.05, 3.63) is 71.7 Å². The van der Waals surface area contributed by atoms with Crippen LogP contribution in [0.2, 0.25) is 0 Å². The van der Waals surface area contributed by atoms with Gasteiger partial charge in [0.15, 0.2) is 12.2 Å². The molecule has 1 aromatic rings. The molecule has 15 heteroatoms. The predicted octanol–water partition coefficient (Wildman–Crippen LogP) is 1.63. The van der Waals surface area contributed by atoms with Crippen molar-refractivity contribution in [2.75, 3.05) is 25.5 Å². The highest BCUT2D eigenvalue weighted by Crippen LogP contribution is 2.21. The molecular weight excluding hydrogens is 535 g/mol. The molecule has 0 spiro atoms. The number of nitrogens with zero attached hydrogens (tertiary/aromatic N) is 5. The topological polar surface area (TPSA) is 206 Å². The van der Waals surface area contributed by atoms with Crippen molar-refractivity contribution in [1.82, 2.24) is 15.2 Å². The standard InChI is InChI=1S/C26H33FN10O4/c1-3-4-5-22(24(34-29)35-30)32-16-41-21-12-10-20(11-13-21)33-25(31-2)37(14-18-6-8-19(27)9-7-18)26(40)36(17-38)15-23(28)39/h3-6,8,10-13,16-17H,7,9,14-15,29-30H2,1-2H3,(H2,28,39)(H,31,33)(H,34,35)/b4-3-,22-5-,32-16?. The van der Waals surface area contributed by atoms with E-state index in [1.165, 1.54) is 19.5 Å². The van der Waals surface area contributed by atoms with Gasteiger partial charge in [-0.15, -0.1) is 0 Å². The third-order valence-corrected chi connectivity index (χ3v) is 5.39. The van der Waals surface area contributed by atoms with E-state index < -0.39 is 18.5 Å². The Morgan fingerprint density at radius 3 is 2.46 bits per heavy atom. The van der Waals surface area contributed by atoms with E-state index in [1.54, 1.807) is 48.6 Å². The molecule has 1 aromatic carbocycles. The van der Waals surface area contributed by atoms with E-state index in [0.29, 0.717) is 34.0 Å². The highest BCUT2D eigenvalue weighted by Gasteiger charge is 2.27.